The molecule has 0 spiro atoms. The third-order valence-electron chi connectivity index (χ3n) is 2.98. The maximum atomic E-state index is 11.8. The van der Waals surface area contributed by atoms with Gasteiger partial charge in [0, 0.05) is 12.8 Å². The van der Waals surface area contributed by atoms with Crippen LogP contribution in [-0.2, 0) is 14.6 Å². The van der Waals surface area contributed by atoms with Crippen LogP contribution >= 0.6 is 0 Å². The maximum absolute atomic E-state index is 11.8. The molecule has 1 aromatic rings. The highest BCUT2D eigenvalue weighted by molar-refractivity contribution is 7.91. The first-order valence-corrected chi connectivity index (χ1v) is 8.14. The second kappa shape index (κ2) is 6.49. The van der Waals surface area contributed by atoms with E-state index in [1.807, 2.05) is 12.2 Å². The van der Waals surface area contributed by atoms with Crippen LogP contribution in [0.5, 0.6) is 0 Å². The third kappa shape index (κ3) is 4.13. The minimum atomic E-state index is -3.28. The normalized spacial score (nSPS) is 15.6. The van der Waals surface area contributed by atoms with E-state index in [-0.39, 0.29) is 16.6 Å². The van der Waals surface area contributed by atoms with E-state index >= 15 is 0 Å². The molecule has 0 aliphatic carbocycles. The Hall–Kier alpha value is -2.21. The first-order valence-electron chi connectivity index (χ1n) is 6.48. The highest BCUT2D eigenvalue weighted by Crippen LogP contribution is 2.14. The number of sulfone groups is 1. The van der Waals surface area contributed by atoms with E-state index in [1.54, 1.807) is 24.3 Å². The van der Waals surface area contributed by atoms with Crippen molar-refractivity contribution < 1.29 is 13.2 Å². The molecule has 0 atom stereocenters. The van der Waals surface area contributed by atoms with Crippen LogP contribution in [0.2, 0.25) is 0 Å². The Labute approximate surface area is 124 Å². The van der Waals surface area contributed by atoms with Gasteiger partial charge < -0.3 is 0 Å². The molecule has 0 saturated carbocycles. The summed E-state index contributed by atoms with van der Waals surface area (Å²) in [5, 5.41) is 3.93. The summed E-state index contributed by atoms with van der Waals surface area (Å²) in [6, 6.07) is 6.61. The van der Waals surface area contributed by atoms with Crippen molar-refractivity contribution in [3.63, 3.8) is 0 Å². The van der Waals surface area contributed by atoms with Crippen molar-refractivity contribution in [2.75, 3.05) is 5.75 Å². The number of carbonyl (C=O) groups is 1. The average Bonchev–Trinajstić information content (AvgIpc) is 2.47. The fourth-order valence-corrected chi connectivity index (χ4v) is 2.89. The lowest BCUT2D eigenvalue weighted by Crippen LogP contribution is -2.24. The zero-order valence-corrected chi connectivity index (χ0v) is 12.3. The van der Waals surface area contributed by atoms with Crippen LogP contribution in [0.3, 0.4) is 0 Å². The number of amides is 1. The van der Waals surface area contributed by atoms with Crippen LogP contribution in [0.1, 0.15) is 18.4 Å². The van der Waals surface area contributed by atoms with Gasteiger partial charge in [0.25, 0.3) is 0 Å². The number of hydrazone groups is 1. The molecule has 6 heteroatoms. The molecule has 0 unspecified atom stereocenters. The molecule has 1 aromatic carbocycles. The molecule has 2 rings (SSSR count). The SMILES string of the molecule is C=CCS(=O)(=O)c1ccc(C=CC2=NNC(=O)CC2)cc1. The van der Waals surface area contributed by atoms with Gasteiger partial charge in [-0.15, -0.1) is 6.58 Å². The average molecular weight is 304 g/mol. The summed E-state index contributed by atoms with van der Waals surface area (Å²) < 4.78 is 23.7. The van der Waals surface area contributed by atoms with Crippen LogP contribution in [-0.4, -0.2) is 25.8 Å². The van der Waals surface area contributed by atoms with Crippen molar-refractivity contribution in [3.05, 3.63) is 48.6 Å². The predicted octanol–water partition coefficient (Wildman–Crippen LogP) is 1.93. The van der Waals surface area contributed by atoms with Crippen molar-refractivity contribution in [2.24, 2.45) is 5.10 Å². The number of hydrogen-bond donors (Lipinski definition) is 1. The van der Waals surface area contributed by atoms with Gasteiger partial charge in [-0.1, -0.05) is 24.3 Å². The van der Waals surface area contributed by atoms with Gasteiger partial charge in [0.05, 0.1) is 16.4 Å². The zero-order valence-electron chi connectivity index (χ0n) is 11.5. The Kier molecular flexibility index (Phi) is 4.70. The number of hydrogen-bond acceptors (Lipinski definition) is 4. The van der Waals surface area contributed by atoms with Crippen molar-refractivity contribution >= 4 is 27.5 Å². The number of nitrogens with one attached hydrogen (secondary N) is 1. The minimum Gasteiger partial charge on any atom is -0.273 e. The van der Waals surface area contributed by atoms with Crippen LogP contribution in [0.4, 0.5) is 0 Å². The number of rotatable bonds is 5. The molecule has 1 amide bonds. The summed E-state index contributed by atoms with van der Waals surface area (Å²) in [6.45, 7) is 3.44. The number of allylic oxidation sites excluding steroid dienone is 1. The van der Waals surface area contributed by atoms with E-state index in [1.165, 1.54) is 6.08 Å². The highest BCUT2D eigenvalue weighted by Gasteiger charge is 2.11. The number of carbonyl (C=O) groups excluding carboxylic acids is 1. The summed E-state index contributed by atoms with van der Waals surface area (Å²) in [6.07, 6.45) is 6.06. The summed E-state index contributed by atoms with van der Waals surface area (Å²) in [4.78, 5) is 11.2. The molecule has 0 fully saturated rings. The molecule has 1 N–H and O–H groups in total. The maximum Gasteiger partial charge on any atom is 0.240 e. The van der Waals surface area contributed by atoms with Crippen LogP contribution < -0.4 is 5.43 Å². The zero-order chi connectivity index (χ0) is 15.3. The monoisotopic (exact) mass is 304 g/mol. The predicted molar refractivity (Wildman–Crippen MR) is 82.5 cm³/mol. The minimum absolute atomic E-state index is 0.0707. The molecule has 5 nitrogen and oxygen atoms in total. The largest absolute Gasteiger partial charge is 0.273 e. The summed E-state index contributed by atoms with van der Waals surface area (Å²) in [5.74, 6) is -0.150. The topological polar surface area (TPSA) is 75.6 Å². The fourth-order valence-electron chi connectivity index (χ4n) is 1.84. The van der Waals surface area contributed by atoms with E-state index < -0.39 is 9.84 Å². The lowest BCUT2D eigenvalue weighted by molar-refractivity contribution is -0.121. The standard InChI is InChI=1S/C15H16N2O3S/c1-2-11-21(19,20)14-8-4-12(5-9-14)3-6-13-7-10-15(18)17-16-13/h2-6,8-9H,1,7,10-11H2,(H,17,18). The van der Waals surface area contributed by atoms with Crippen molar-refractivity contribution in [1.82, 2.24) is 5.43 Å². The first-order chi connectivity index (χ1) is 10.0. The lowest BCUT2D eigenvalue weighted by atomic mass is 10.1. The quantitative estimate of drug-likeness (QED) is 0.844. The molecule has 0 bridgehead atoms. The lowest BCUT2D eigenvalue weighted by Gasteiger charge is -2.08. The van der Waals surface area contributed by atoms with Gasteiger partial charge in [-0.2, -0.15) is 5.10 Å². The van der Waals surface area contributed by atoms with Crippen molar-refractivity contribution in [3.8, 4) is 0 Å². The third-order valence-corrected chi connectivity index (χ3v) is 4.64. The molecular formula is C15H16N2O3S. The Morgan fingerprint density at radius 1 is 1.19 bits per heavy atom. The molecule has 21 heavy (non-hydrogen) atoms. The highest BCUT2D eigenvalue weighted by atomic mass is 32.2. The Bertz CT molecular complexity index is 701. The Balaban J connectivity index is 2.09. The van der Waals surface area contributed by atoms with Crippen LogP contribution in [0, 0.1) is 0 Å². The van der Waals surface area contributed by atoms with Crippen molar-refractivity contribution in [2.45, 2.75) is 17.7 Å². The second-order valence-electron chi connectivity index (χ2n) is 4.61. The van der Waals surface area contributed by atoms with Gasteiger partial charge in [0.15, 0.2) is 9.84 Å². The van der Waals surface area contributed by atoms with E-state index in [0.29, 0.717) is 12.8 Å². The van der Waals surface area contributed by atoms with Crippen LogP contribution in [0.15, 0.2) is 53.0 Å². The molecule has 1 aliphatic heterocycles. The summed E-state index contributed by atoms with van der Waals surface area (Å²) >= 11 is 0. The van der Waals surface area contributed by atoms with Gasteiger partial charge >= 0.3 is 0 Å². The van der Waals surface area contributed by atoms with Crippen LogP contribution in [0.25, 0.3) is 6.08 Å². The Morgan fingerprint density at radius 3 is 2.48 bits per heavy atom. The van der Waals surface area contributed by atoms with E-state index in [2.05, 4.69) is 17.1 Å². The summed E-state index contributed by atoms with van der Waals surface area (Å²) in [5.41, 5.74) is 4.08. The molecule has 110 valence electrons. The number of nitrogens with zero attached hydrogens (tertiary/aromatic N) is 1. The summed E-state index contributed by atoms with van der Waals surface area (Å²) in [7, 11) is -3.28. The molecule has 1 heterocycles. The first kappa shape index (κ1) is 15.2. The van der Waals surface area contributed by atoms with Gasteiger partial charge in [0.2, 0.25) is 5.91 Å². The van der Waals surface area contributed by atoms with E-state index in [9.17, 15) is 13.2 Å². The molecule has 1 aliphatic rings. The fraction of sp³-hybridized carbons (Fsp3) is 0.200. The second-order valence-corrected chi connectivity index (χ2v) is 6.64. The van der Waals surface area contributed by atoms with Gasteiger partial charge in [0.1, 0.15) is 0 Å². The Morgan fingerprint density at radius 2 is 1.90 bits per heavy atom. The molecule has 0 aromatic heterocycles. The van der Waals surface area contributed by atoms with Gasteiger partial charge in [-0.25, -0.2) is 13.8 Å². The molecular weight excluding hydrogens is 288 g/mol. The molecule has 0 radical (unpaired) electrons. The van der Waals surface area contributed by atoms with Gasteiger partial charge in [-0.3, -0.25) is 4.79 Å². The van der Waals surface area contributed by atoms with E-state index in [4.69, 9.17) is 0 Å². The molecule has 0 saturated heterocycles. The smallest absolute Gasteiger partial charge is 0.240 e. The van der Waals surface area contributed by atoms with Gasteiger partial charge in [-0.05, 0) is 23.8 Å². The van der Waals surface area contributed by atoms with Crippen molar-refractivity contribution in [1.29, 1.82) is 0 Å². The number of benzene rings is 1. The van der Waals surface area contributed by atoms with E-state index in [0.717, 1.165) is 11.3 Å².